The van der Waals surface area contributed by atoms with Gasteiger partial charge in [-0.3, -0.25) is 14.4 Å². The highest BCUT2D eigenvalue weighted by Gasteiger charge is 2.70. The molecular formula is C37H49NO8. The third kappa shape index (κ3) is 4.60. The van der Waals surface area contributed by atoms with Gasteiger partial charge in [0.2, 0.25) is 0 Å². The van der Waals surface area contributed by atoms with Gasteiger partial charge in [0, 0.05) is 29.5 Å². The van der Waals surface area contributed by atoms with Crippen molar-refractivity contribution >= 4 is 28.8 Å². The van der Waals surface area contributed by atoms with Gasteiger partial charge in [0.25, 0.3) is 0 Å². The molecule has 0 saturated heterocycles. The lowest BCUT2D eigenvalue weighted by molar-refractivity contribution is -0.225. The van der Waals surface area contributed by atoms with Crippen LogP contribution in [0, 0.1) is 16.7 Å². The Morgan fingerprint density at radius 3 is 2.37 bits per heavy atom. The molecule has 9 nitrogen and oxygen atoms in total. The van der Waals surface area contributed by atoms with Crippen molar-refractivity contribution < 1.29 is 39.2 Å². The predicted molar refractivity (Wildman–Crippen MR) is 173 cm³/mol. The highest BCUT2D eigenvalue weighted by molar-refractivity contribution is 6.02. The largest absolute Gasteiger partial charge is 0.481 e. The minimum absolute atomic E-state index is 0.0368. The third-order valence-corrected chi connectivity index (χ3v) is 12.3. The van der Waals surface area contributed by atoms with Gasteiger partial charge in [0.1, 0.15) is 6.10 Å². The van der Waals surface area contributed by atoms with Gasteiger partial charge in [0.15, 0.2) is 11.6 Å². The zero-order valence-corrected chi connectivity index (χ0v) is 28.4. The zero-order valence-electron chi connectivity index (χ0n) is 28.4. The first kappa shape index (κ1) is 33.1. The lowest BCUT2D eigenvalue weighted by Crippen LogP contribution is -2.69. The number of fused-ring (bicyclic) bond motifs is 5. The van der Waals surface area contributed by atoms with Gasteiger partial charge in [0.05, 0.1) is 33.9 Å². The van der Waals surface area contributed by atoms with Crippen LogP contribution in [0.15, 0.2) is 29.4 Å². The van der Waals surface area contributed by atoms with Crippen LogP contribution in [0.25, 0.3) is 5.57 Å². The summed E-state index contributed by atoms with van der Waals surface area (Å²) in [6.45, 7) is 14.7. The lowest BCUT2D eigenvalue weighted by atomic mass is 9.41. The van der Waals surface area contributed by atoms with Crippen LogP contribution < -0.4 is 5.73 Å². The van der Waals surface area contributed by atoms with Crippen LogP contribution in [0.2, 0.25) is 0 Å². The van der Waals surface area contributed by atoms with Crippen molar-refractivity contribution in [2.45, 2.75) is 135 Å². The number of carboxylic acids is 1. The molecule has 0 aromatic heterocycles. The third-order valence-electron chi connectivity index (χ3n) is 12.3. The standard InChI is InChI=1S/C37H49NO8/c1-32(2)18-23-21-16-26(38)22(13-19(21)14-24(23)34(5,6)46-32)27(39)15-20-9-12-37(44)25-17-28(40)30(33(3,4)43)45-29(25)10-11-35(37,7)36(20,8)31(41)42/h13,16-17,20,29-30,43-44H,9-12,14-15,18,38H2,1-8H3,(H,41,42). The maximum absolute atomic E-state index is 14.1. The number of carboxylic acid groups (broad SMARTS) is 1. The van der Waals surface area contributed by atoms with Crippen LogP contribution in [0.3, 0.4) is 0 Å². The average molecular weight is 636 g/mol. The number of aliphatic hydroxyl groups is 2. The molecule has 6 atom stereocenters. The molecule has 6 rings (SSSR count). The molecule has 0 amide bonds. The average Bonchev–Trinajstić information content (AvgIpc) is 3.27. The van der Waals surface area contributed by atoms with Gasteiger partial charge < -0.3 is 30.5 Å². The molecule has 2 fully saturated rings. The number of ketones is 2. The fraction of sp³-hybridized carbons (Fsp3) is 0.649. The van der Waals surface area contributed by atoms with E-state index in [-0.39, 0.29) is 30.6 Å². The van der Waals surface area contributed by atoms with E-state index in [0.717, 1.165) is 17.5 Å². The van der Waals surface area contributed by atoms with Crippen molar-refractivity contribution in [1.29, 1.82) is 0 Å². The van der Waals surface area contributed by atoms with E-state index in [9.17, 15) is 29.7 Å². The van der Waals surface area contributed by atoms with Gasteiger partial charge in [-0.25, -0.2) is 0 Å². The van der Waals surface area contributed by atoms with Crippen LogP contribution in [0.1, 0.15) is 115 Å². The Morgan fingerprint density at radius 2 is 1.74 bits per heavy atom. The Labute approximate surface area is 271 Å². The van der Waals surface area contributed by atoms with Gasteiger partial charge >= 0.3 is 5.97 Å². The SMILES string of the molecule is CC1(C)CC2=C(Cc3cc(C(=O)CC4CCC5(O)C6=CC(=O)C(C(C)(C)O)OC6CCC5(C)C4(C)C(=O)O)c(N)cc32)C(C)(C)O1. The number of anilines is 1. The number of rotatable bonds is 5. The van der Waals surface area contributed by atoms with Crippen molar-refractivity contribution in [3.8, 4) is 0 Å². The second-order valence-corrected chi connectivity index (χ2v) is 16.5. The van der Waals surface area contributed by atoms with E-state index < -0.39 is 57.5 Å². The molecule has 250 valence electrons. The van der Waals surface area contributed by atoms with Gasteiger partial charge in [-0.1, -0.05) is 6.92 Å². The van der Waals surface area contributed by atoms with E-state index in [0.29, 0.717) is 36.1 Å². The molecule has 1 aromatic carbocycles. The first-order valence-corrected chi connectivity index (χ1v) is 16.5. The summed E-state index contributed by atoms with van der Waals surface area (Å²) in [5.74, 6) is -2.35. The Bertz CT molecular complexity index is 1610. The maximum atomic E-state index is 14.1. The number of nitrogens with two attached hydrogens (primary N) is 1. The molecule has 0 spiro atoms. The highest BCUT2D eigenvalue weighted by atomic mass is 16.5. The van der Waals surface area contributed by atoms with E-state index in [1.165, 1.54) is 31.1 Å². The van der Waals surface area contributed by atoms with E-state index in [2.05, 4.69) is 27.7 Å². The second-order valence-electron chi connectivity index (χ2n) is 16.5. The summed E-state index contributed by atoms with van der Waals surface area (Å²) >= 11 is 0. The van der Waals surface area contributed by atoms with Crippen molar-refractivity contribution in [1.82, 2.24) is 0 Å². The Balaban J connectivity index is 1.31. The van der Waals surface area contributed by atoms with E-state index >= 15 is 0 Å². The van der Waals surface area contributed by atoms with Crippen molar-refractivity contribution in [3.63, 3.8) is 0 Å². The first-order valence-electron chi connectivity index (χ1n) is 16.5. The molecule has 2 heterocycles. The molecular weight excluding hydrogens is 586 g/mol. The Kier molecular flexibility index (Phi) is 7.25. The van der Waals surface area contributed by atoms with Crippen molar-refractivity contribution in [2.24, 2.45) is 16.7 Å². The molecule has 6 unspecified atom stereocenters. The molecule has 9 heteroatoms. The van der Waals surface area contributed by atoms with Gasteiger partial charge in [-0.15, -0.1) is 0 Å². The summed E-state index contributed by atoms with van der Waals surface area (Å²) in [4.78, 5) is 40.4. The number of hydrogen-bond acceptors (Lipinski definition) is 8. The number of Topliss-reactive ketones (excluding diaryl/α,β-unsaturated/α-hetero) is 1. The quantitative estimate of drug-likeness (QED) is 0.252. The zero-order chi connectivity index (χ0) is 34.0. The summed E-state index contributed by atoms with van der Waals surface area (Å²) in [7, 11) is 0. The predicted octanol–water partition coefficient (Wildman–Crippen LogP) is 5.19. The number of ether oxygens (including phenoxy) is 2. The number of aliphatic carboxylic acids is 1. The van der Waals surface area contributed by atoms with Crippen LogP contribution >= 0.6 is 0 Å². The highest BCUT2D eigenvalue weighted by Crippen LogP contribution is 2.66. The fourth-order valence-electron chi connectivity index (χ4n) is 9.76. The molecule has 2 saturated carbocycles. The molecule has 0 bridgehead atoms. The first-order chi connectivity index (χ1) is 21.1. The number of carbonyl (C=O) groups is 3. The maximum Gasteiger partial charge on any atom is 0.310 e. The van der Waals surface area contributed by atoms with Crippen molar-refractivity contribution in [2.75, 3.05) is 5.73 Å². The molecule has 46 heavy (non-hydrogen) atoms. The monoisotopic (exact) mass is 635 g/mol. The minimum atomic E-state index is -1.64. The summed E-state index contributed by atoms with van der Waals surface area (Å²) in [6.07, 6.45) is 2.18. The summed E-state index contributed by atoms with van der Waals surface area (Å²) in [5.41, 5.74) is 5.67. The van der Waals surface area contributed by atoms with Crippen LogP contribution in [0.4, 0.5) is 5.69 Å². The van der Waals surface area contributed by atoms with E-state index in [4.69, 9.17) is 15.2 Å². The van der Waals surface area contributed by atoms with E-state index in [1.54, 1.807) is 13.8 Å². The fourth-order valence-corrected chi connectivity index (χ4v) is 9.76. The molecule has 1 aromatic rings. The number of benzene rings is 1. The van der Waals surface area contributed by atoms with Gasteiger partial charge in [-0.05, 0) is 133 Å². The topological polar surface area (TPSA) is 156 Å². The molecule has 3 aliphatic carbocycles. The summed E-state index contributed by atoms with van der Waals surface area (Å²) < 4.78 is 12.5. The van der Waals surface area contributed by atoms with Crippen LogP contribution in [0.5, 0.6) is 0 Å². The van der Waals surface area contributed by atoms with Crippen LogP contribution in [-0.2, 0) is 25.5 Å². The summed E-state index contributed by atoms with van der Waals surface area (Å²) in [6, 6.07) is 3.78. The minimum Gasteiger partial charge on any atom is -0.481 e. The molecule has 2 aliphatic heterocycles. The van der Waals surface area contributed by atoms with E-state index in [1.807, 2.05) is 12.1 Å². The lowest BCUT2D eigenvalue weighted by Gasteiger charge is -2.64. The molecule has 0 radical (unpaired) electrons. The van der Waals surface area contributed by atoms with Crippen molar-refractivity contribution in [3.05, 3.63) is 46.0 Å². The normalized spacial score (nSPS) is 36.3. The Hall–Kier alpha value is -2.85. The molecule has 5 aliphatic rings. The Morgan fingerprint density at radius 1 is 1.07 bits per heavy atom. The van der Waals surface area contributed by atoms with Gasteiger partial charge in [-0.2, -0.15) is 0 Å². The number of carbonyl (C=O) groups excluding carboxylic acids is 2. The molecule has 5 N–H and O–H groups in total. The van der Waals surface area contributed by atoms with Crippen LogP contribution in [-0.4, -0.2) is 67.5 Å². The number of nitrogen functional groups attached to an aromatic ring is 1. The number of hydrogen-bond donors (Lipinski definition) is 4. The smallest absolute Gasteiger partial charge is 0.310 e. The second kappa shape index (κ2) is 10.1. The summed E-state index contributed by atoms with van der Waals surface area (Å²) in [5, 5.41) is 33.8.